The van der Waals surface area contributed by atoms with Crippen LogP contribution in [-0.2, 0) is 17.6 Å². The predicted octanol–water partition coefficient (Wildman–Crippen LogP) is 7.06. The number of halogens is 2. The maximum absolute atomic E-state index is 12.6. The minimum Gasteiger partial charge on any atom is -0.493 e. The van der Waals surface area contributed by atoms with E-state index in [0.29, 0.717) is 28.1 Å². The van der Waals surface area contributed by atoms with Crippen LogP contribution < -0.4 is 10.1 Å². The quantitative estimate of drug-likeness (QED) is 0.429. The lowest BCUT2D eigenvalue weighted by Gasteiger charge is -2.12. The number of fused-ring (bicyclic) bond motifs is 3. The Morgan fingerprint density at radius 3 is 2.80 bits per heavy atom. The number of anilines is 1. The molecule has 3 aromatic rings. The van der Waals surface area contributed by atoms with Gasteiger partial charge in [-0.1, -0.05) is 23.2 Å². The van der Waals surface area contributed by atoms with Gasteiger partial charge < -0.3 is 14.5 Å². The molecule has 0 spiro atoms. The largest absolute Gasteiger partial charge is 0.493 e. The van der Waals surface area contributed by atoms with Gasteiger partial charge in [0.2, 0.25) is 5.91 Å². The lowest BCUT2D eigenvalue weighted by atomic mass is 9.94. The number of ether oxygens (including phenoxy) is 1. The molecule has 1 aliphatic carbocycles. The van der Waals surface area contributed by atoms with Crippen LogP contribution in [0.25, 0.3) is 16.5 Å². The van der Waals surface area contributed by atoms with Crippen molar-refractivity contribution in [3.8, 4) is 5.75 Å². The van der Waals surface area contributed by atoms with Gasteiger partial charge in [-0.05, 0) is 62.9 Å². The van der Waals surface area contributed by atoms with Crippen molar-refractivity contribution < 1.29 is 13.9 Å². The second-order valence-corrected chi connectivity index (χ2v) is 8.27. The van der Waals surface area contributed by atoms with Crippen LogP contribution in [0.3, 0.4) is 0 Å². The predicted molar refractivity (Wildman–Crippen MR) is 123 cm³/mol. The topological polar surface area (TPSA) is 51.5 Å². The Hall–Kier alpha value is -2.43. The van der Waals surface area contributed by atoms with Crippen LogP contribution in [0.1, 0.15) is 43.6 Å². The molecular weight excluding hydrogens is 421 g/mol. The summed E-state index contributed by atoms with van der Waals surface area (Å²) in [6.07, 6.45) is 5.87. The van der Waals surface area contributed by atoms with E-state index in [2.05, 4.69) is 11.4 Å². The molecule has 0 bridgehead atoms. The minimum atomic E-state index is -0.284. The average Bonchev–Trinajstić information content (AvgIpc) is 3.07. The summed E-state index contributed by atoms with van der Waals surface area (Å²) in [4.78, 5) is 12.6. The second-order valence-electron chi connectivity index (χ2n) is 7.43. The molecule has 1 amide bonds. The van der Waals surface area contributed by atoms with E-state index in [-0.39, 0.29) is 5.91 Å². The Bertz CT molecular complexity index is 1150. The molecule has 0 saturated heterocycles. The van der Waals surface area contributed by atoms with Crippen molar-refractivity contribution in [1.29, 1.82) is 0 Å². The maximum atomic E-state index is 12.6. The number of carbonyl (C=O) groups is 1. The van der Waals surface area contributed by atoms with Gasteiger partial charge in [-0.2, -0.15) is 0 Å². The van der Waals surface area contributed by atoms with Crippen molar-refractivity contribution >= 4 is 51.3 Å². The van der Waals surface area contributed by atoms with Gasteiger partial charge >= 0.3 is 0 Å². The average molecular weight is 444 g/mol. The van der Waals surface area contributed by atoms with Crippen LogP contribution >= 0.6 is 23.2 Å². The fourth-order valence-electron chi connectivity index (χ4n) is 3.91. The van der Waals surface area contributed by atoms with Gasteiger partial charge in [0.05, 0.1) is 17.3 Å². The van der Waals surface area contributed by atoms with Crippen LogP contribution in [0.2, 0.25) is 10.0 Å². The van der Waals surface area contributed by atoms with Gasteiger partial charge in [-0.25, -0.2) is 0 Å². The molecule has 4 rings (SSSR count). The molecule has 0 unspecified atom stereocenters. The molecule has 0 saturated carbocycles. The number of amides is 1. The van der Waals surface area contributed by atoms with E-state index in [4.69, 9.17) is 32.4 Å². The number of hydrogen-bond donors (Lipinski definition) is 1. The van der Waals surface area contributed by atoms with E-state index in [1.807, 2.05) is 19.9 Å². The molecule has 1 aliphatic rings. The molecule has 1 N–H and O–H groups in total. The fraction of sp³-hybridized carbons (Fsp3) is 0.292. The summed E-state index contributed by atoms with van der Waals surface area (Å²) in [6.45, 7) is 4.36. The number of hydrogen-bond acceptors (Lipinski definition) is 3. The smallest absolute Gasteiger partial charge is 0.248 e. The van der Waals surface area contributed by atoms with Crippen molar-refractivity contribution in [2.45, 2.75) is 39.5 Å². The van der Waals surface area contributed by atoms with Gasteiger partial charge in [0.1, 0.15) is 17.1 Å². The van der Waals surface area contributed by atoms with Crippen molar-refractivity contribution in [2.24, 2.45) is 0 Å². The summed E-state index contributed by atoms with van der Waals surface area (Å²) in [5.41, 5.74) is 4.27. The molecule has 156 valence electrons. The number of furan rings is 1. The maximum Gasteiger partial charge on any atom is 0.248 e. The van der Waals surface area contributed by atoms with E-state index in [9.17, 15) is 4.79 Å². The van der Waals surface area contributed by atoms with Gasteiger partial charge in [-0.3, -0.25) is 4.79 Å². The Labute approximate surface area is 185 Å². The van der Waals surface area contributed by atoms with Crippen molar-refractivity contribution in [3.63, 3.8) is 0 Å². The SMILES string of the molecule is CCOc1cc2oc3c(c2cc1/C(C)=C/C(=O)Nc1cc(Cl)ccc1Cl)CCCC3. The molecular formula is C24H23Cl2NO3. The number of allylic oxidation sites excluding steroid dienone is 1. The van der Waals surface area contributed by atoms with Crippen LogP contribution in [0, 0.1) is 0 Å². The molecule has 4 nitrogen and oxygen atoms in total. The summed E-state index contributed by atoms with van der Waals surface area (Å²) in [5.74, 6) is 1.50. The van der Waals surface area contributed by atoms with Crippen LogP contribution in [-0.4, -0.2) is 12.5 Å². The molecule has 2 aromatic carbocycles. The zero-order chi connectivity index (χ0) is 21.3. The van der Waals surface area contributed by atoms with Crippen molar-refractivity contribution in [2.75, 3.05) is 11.9 Å². The third-order valence-electron chi connectivity index (χ3n) is 5.32. The first kappa shape index (κ1) is 20.8. The monoisotopic (exact) mass is 443 g/mol. The molecule has 0 fully saturated rings. The van der Waals surface area contributed by atoms with E-state index in [1.54, 1.807) is 24.3 Å². The minimum absolute atomic E-state index is 0.284. The van der Waals surface area contributed by atoms with E-state index in [0.717, 1.165) is 47.1 Å². The second kappa shape index (κ2) is 8.75. The zero-order valence-corrected chi connectivity index (χ0v) is 18.5. The van der Waals surface area contributed by atoms with Crippen LogP contribution in [0.15, 0.2) is 40.8 Å². The van der Waals surface area contributed by atoms with E-state index >= 15 is 0 Å². The van der Waals surface area contributed by atoms with Crippen molar-refractivity contribution in [1.82, 2.24) is 0 Å². The third kappa shape index (κ3) is 4.21. The van der Waals surface area contributed by atoms with Crippen molar-refractivity contribution in [3.05, 3.63) is 63.3 Å². The lowest BCUT2D eigenvalue weighted by molar-refractivity contribution is -0.111. The molecule has 0 atom stereocenters. The number of aryl methyl sites for hydroxylation is 2. The number of nitrogens with one attached hydrogen (secondary N) is 1. The Kier molecular flexibility index (Phi) is 6.07. The first-order valence-corrected chi connectivity index (χ1v) is 10.9. The van der Waals surface area contributed by atoms with Crippen LogP contribution in [0.4, 0.5) is 5.69 Å². The Morgan fingerprint density at radius 1 is 1.20 bits per heavy atom. The summed E-state index contributed by atoms with van der Waals surface area (Å²) in [7, 11) is 0. The fourth-order valence-corrected chi connectivity index (χ4v) is 4.25. The molecule has 1 heterocycles. The summed E-state index contributed by atoms with van der Waals surface area (Å²) >= 11 is 12.2. The lowest BCUT2D eigenvalue weighted by Crippen LogP contribution is -2.09. The Morgan fingerprint density at radius 2 is 2.00 bits per heavy atom. The summed E-state index contributed by atoms with van der Waals surface area (Å²) in [5, 5.41) is 4.83. The van der Waals surface area contributed by atoms with Gasteiger partial charge in [0.25, 0.3) is 0 Å². The zero-order valence-electron chi connectivity index (χ0n) is 17.0. The van der Waals surface area contributed by atoms with Gasteiger partial charge in [-0.15, -0.1) is 0 Å². The highest BCUT2D eigenvalue weighted by atomic mass is 35.5. The van der Waals surface area contributed by atoms with E-state index in [1.165, 1.54) is 12.0 Å². The molecule has 30 heavy (non-hydrogen) atoms. The van der Waals surface area contributed by atoms with Gasteiger partial charge in [0, 0.05) is 40.1 Å². The number of benzene rings is 2. The first-order valence-electron chi connectivity index (χ1n) is 10.1. The highest BCUT2D eigenvalue weighted by Crippen LogP contribution is 2.38. The Balaban J connectivity index is 1.70. The van der Waals surface area contributed by atoms with Crippen LogP contribution in [0.5, 0.6) is 5.75 Å². The normalized spacial score (nSPS) is 13.9. The molecule has 1 aromatic heterocycles. The first-order chi connectivity index (χ1) is 14.5. The molecule has 6 heteroatoms. The highest BCUT2D eigenvalue weighted by Gasteiger charge is 2.20. The van der Waals surface area contributed by atoms with E-state index < -0.39 is 0 Å². The summed E-state index contributed by atoms with van der Waals surface area (Å²) < 4.78 is 12.0. The molecule has 0 radical (unpaired) electrons. The van der Waals surface area contributed by atoms with Gasteiger partial charge in [0.15, 0.2) is 0 Å². The standard InChI is InChI=1S/C24H23Cl2NO3/c1-3-29-22-13-23-18(16-6-4-5-7-21(16)30-23)12-17(22)14(2)10-24(28)27-20-11-15(25)8-9-19(20)26/h8-13H,3-7H2,1-2H3,(H,27,28)/b14-10+. The number of rotatable bonds is 5. The number of carbonyl (C=O) groups excluding carboxylic acids is 1. The third-order valence-corrected chi connectivity index (χ3v) is 5.88. The molecule has 0 aliphatic heterocycles. The highest BCUT2D eigenvalue weighted by molar-refractivity contribution is 6.35. The summed E-state index contributed by atoms with van der Waals surface area (Å²) in [6, 6.07) is 8.98.